The minimum atomic E-state index is -1.16. The molecule has 2 heterocycles. The van der Waals surface area contributed by atoms with Crippen LogP contribution in [0.2, 0.25) is 0 Å². The van der Waals surface area contributed by atoms with Crippen LogP contribution in [0, 0.1) is 0 Å². The van der Waals surface area contributed by atoms with E-state index in [1.54, 1.807) is 0 Å². The monoisotopic (exact) mass is 207 g/mol. The van der Waals surface area contributed by atoms with Gasteiger partial charge in [-0.2, -0.15) is 0 Å². The molecule has 0 saturated carbocycles. The summed E-state index contributed by atoms with van der Waals surface area (Å²) < 4.78 is 4.66. The van der Waals surface area contributed by atoms with Gasteiger partial charge in [-0.1, -0.05) is 0 Å². The zero-order valence-corrected chi connectivity index (χ0v) is 7.30. The van der Waals surface area contributed by atoms with Crippen molar-refractivity contribution in [3.63, 3.8) is 0 Å². The van der Waals surface area contributed by atoms with Gasteiger partial charge in [0, 0.05) is 11.8 Å². The normalized spacial score (nSPS) is 10.1. The Morgan fingerprint density at radius 1 is 1.53 bits per heavy atom. The molecule has 2 aromatic rings. The van der Waals surface area contributed by atoms with E-state index in [0.29, 0.717) is 5.56 Å². The molecule has 2 rings (SSSR count). The second-order valence-corrected chi connectivity index (χ2v) is 2.65. The van der Waals surface area contributed by atoms with Crippen molar-refractivity contribution in [2.45, 2.75) is 0 Å². The number of carbonyl (C=O) groups is 1. The molecule has 7 heteroatoms. The van der Waals surface area contributed by atoms with Crippen molar-refractivity contribution in [1.82, 2.24) is 15.2 Å². The van der Waals surface area contributed by atoms with E-state index >= 15 is 0 Å². The van der Waals surface area contributed by atoms with Gasteiger partial charge in [0.1, 0.15) is 5.69 Å². The van der Waals surface area contributed by atoms with Gasteiger partial charge < -0.3 is 9.52 Å². The van der Waals surface area contributed by atoms with Crippen LogP contribution in [-0.4, -0.2) is 26.3 Å². The first-order valence-electron chi connectivity index (χ1n) is 3.92. The zero-order chi connectivity index (χ0) is 10.8. The van der Waals surface area contributed by atoms with Crippen molar-refractivity contribution < 1.29 is 14.3 Å². The standard InChI is InChI=1S/C8H5N3O4/c12-7(13)5-3-4(1-2-9-5)6-10-11-8(14)15-6/h1-3H,(H,11,14)(H,12,13). The fraction of sp³-hybridized carbons (Fsp3) is 0. The van der Waals surface area contributed by atoms with Gasteiger partial charge in [0.25, 0.3) is 0 Å². The molecule has 0 unspecified atom stereocenters. The molecule has 0 amide bonds. The molecule has 0 radical (unpaired) electrons. The first kappa shape index (κ1) is 9.13. The Morgan fingerprint density at radius 3 is 2.93 bits per heavy atom. The molecule has 76 valence electrons. The maximum absolute atomic E-state index is 10.7. The van der Waals surface area contributed by atoms with Crippen LogP contribution >= 0.6 is 0 Å². The van der Waals surface area contributed by atoms with Gasteiger partial charge in [-0.15, -0.1) is 5.10 Å². The Kier molecular flexibility index (Phi) is 2.05. The number of nitrogens with one attached hydrogen (secondary N) is 1. The molecule has 0 aliphatic heterocycles. The second-order valence-electron chi connectivity index (χ2n) is 2.65. The van der Waals surface area contributed by atoms with Crippen molar-refractivity contribution in [2.75, 3.05) is 0 Å². The molecule has 7 nitrogen and oxygen atoms in total. The summed E-state index contributed by atoms with van der Waals surface area (Å²) in [5.41, 5.74) is 0.235. The number of nitrogens with zero attached hydrogens (tertiary/aromatic N) is 2. The predicted molar refractivity (Wildman–Crippen MR) is 47.3 cm³/mol. The SMILES string of the molecule is O=C(O)c1cc(-c2n[nH]c(=O)o2)ccn1. The maximum atomic E-state index is 10.7. The van der Waals surface area contributed by atoms with E-state index in [9.17, 15) is 9.59 Å². The molecule has 15 heavy (non-hydrogen) atoms. The van der Waals surface area contributed by atoms with Crippen molar-refractivity contribution in [2.24, 2.45) is 0 Å². The van der Waals surface area contributed by atoms with Crippen LogP contribution < -0.4 is 5.76 Å². The number of hydrogen-bond donors (Lipinski definition) is 2. The number of carboxylic acids is 1. The van der Waals surface area contributed by atoms with Gasteiger partial charge >= 0.3 is 11.7 Å². The van der Waals surface area contributed by atoms with E-state index in [1.807, 2.05) is 0 Å². The number of aromatic amines is 1. The lowest BCUT2D eigenvalue weighted by Crippen LogP contribution is -1.99. The second kappa shape index (κ2) is 3.37. The number of rotatable bonds is 2. The number of aromatic carboxylic acids is 1. The molecule has 0 bridgehead atoms. The van der Waals surface area contributed by atoms with Gasteiger partial charge in [0.05, 0.1) is 0 Å². The highest BCUT2D eigenvalue weighted by atomic mass is 16.4. The van der Waals surface area contributed by atoms with Crippen molar-refractivity contribution in [3.05, 3.63) is 34.6 Å². The highest BCUT2D eigenvalue weighted by molar-refractivity contribution is 5.86. The molecule has 0 spiro atoms. The summed E-state index contributed by atoms with van der Waals surface area (Å²) in [7, 11) is 0. The minimum absolute atomic E-state index is 0.0323. The quantitative estimate of drug-likeness (QED) is 0.723. The summed E-state index contributed by atoms with van der Waals surface area (Å²) in [6.07, 6.45) is 1.30. The fourth-order valence-corrected chi connectivity index (χ4v) is 1.03. The lowest BCUT2D eigenvalue weighted by molar-refractivity contribution is 0.0690. The van der Waals surface area contributed by atoms with E-state index < -0.39 is 11.7 Å². The number of carboxylic acid groups (broad SMARTS) is 1. The molecule has 0 fully saturated rings. The largest absolute Gasteiger partial charge is 0.477 e. The van der Waals surface area contributed by atoms with Crippen LogP contribution in [0.1, 0.15) is 10.5 Å². The smallest absolute Gasteiger partial charge is 0.434 e. The fourth-order valence-electron chi connectivity index (χ4n) is 1.03. The van der Waals surface area contributed by atoms with Crippen LogP contribution in [0.4, 0.5) is 0 Å². The molecule has 0 saturated heterocycles. The number of aromatic nitrogens is 3. The van der Waals surface area contributed by atoms with Crippen LogP contribution in [0.5, 0.6) is 0 Å². The van der Waals surface area contributed by atoms with E-state index in [0.717, 1.165) is 0 Å². The third-order valence-corrected chi connectivity index (χ3v) is 1.66. The highest BCUT2D eigenvalue weighted by Gasteiger charge is 2.09. The van der Waals surface area contributed by atoms with E-state index in [-0.39, 0.29) is 11.6 Å². The third kappa shape index (κ3) is 1.75. The van der Waals surface area contributed by atoms with Crippen LogP contribution in [0.25, 0.3) is 11.5 Å². The van der Waals surface area contributed by atoms with Gasteiger partial charge in [0.2, 0.25) is 5.89 Å². The van der Waals surface area contributed by atoms with E-state index in [2.05, 4.69) is 19.6 Å². The summed E-state index contributed by atoms with van der Waals surface area (Å²) in [4.78, 5) is 24.9. The Balaban J connectivity index is 2.49. The number of H-pyrrole nitrogens is 1. The zero-order valence-electron chi connectivity index (χ0n) is 7.30. The molecule has 0 aliphatic rings. The lowest BCUT2D eigenvalue weighted by atomic mass is 10.2. The topological polar surface area (TPSA) is 109 Å². The molecular weight excluding hydrogens is 202 g/mol. The van der Waals surface area contributed by atoms with Crippen molar-refractivity contribution >= 4 is 5.97 Å². The summed E-state index contributed by atoms with van der Waals surface area (Å²) in [5.74, 6) is -1.82. The Morgan fingerprint density at radius 2 is 2.33 bits per heavy atom. The maximum Gasteiger partial charge on any atom is 0.434 e. The van der Waals surface area contributed by atoms with Crippen LogP contribution in [0.15, 0.2) is 27.5 Å². The first-order chi connectivity index (χ1) is 7.16. The van der Waals surface area contributed by atoms with Crippen LogP contribution in [-0.2, 0) is 0 Å². The number of pyridine rings is 1. The molecular formula is C8H5N3O4. The molecule has 0 aromatic carbocycles. The minimum Gasteiger partial charge on any atom is -0.477 e. The summed E-state index contributed by atoms with van der Waals surface area (Å²) >= 11 is 0. The van der Waals surface area contributed by atoms with Gasteiger partial charge in [0.15, 0.2) is 0 Å². The average molecular weight is 207 g/mol. The molecule has 0 aliphatic carbocycles. The predicted octanol–water partition coefficient (Wildman–Crippen LogP) is 0.123. The van der Waals surface area contributed by atoms with Crippen molar-refractivity contribution in [1.29, 1.82) is 0 Å². The summed E-state index contributed by atoms with van der Waals surface area (Å²) in [5, 5.41) is 14.3. The highest BCUT2D eigenvalue weighted by Crippen LogP contribution is 2.14. The molecule has 0 atom stereocenters. The molecule has 2 N–H and O–H groups in total. The van der Waals surface area contributed by atoms with Gasteiger partial charge in [-0.05, 0) is 12.1 Å². The Labute approximate surface area is 82.4 Å². The Bertz CT molecular complexity index is 557. The average Bonchev–Trinajstić information content (AvgIpc) is 2.65. The Hall–Kier alpha value is -2.44. The van der Waals surface area contributed by atoms with Gasteiger partial charge in [-0.25, -0.2) is 19.7 Å². The van der Waals surface area contributed by atoms with Gasteiger partial charge in [-0.3, -0.25) is 0 Å². The van der Waals surface area contributed by atoms with Crippen molar-refractivity contribution in [3.8, 4) is 11.5 Å². The first-order valence-corrected chi connectivity index (χ1v) is 3.92. The molecule has 2 aromatic heterocycles. The third-order valence-electron chi connectivity index (χ3n) is 1.66. The van der Waals surface area contributed by atoms with Crippen LogP contribution in [0.3, 0.4) is 0 Å². The summed E-state index contributed by atoms with van der Waals surface area (Å²) in [6.45, 7) is 0. The number of hydrogen-bond acceptors (Lipinski definition) is 5. The summed E-state index contributed by atoms with van der Waals surface area (Å²) in [6, 6.07) is 2.76. The van der Waals surface area contributed by atoms with E-state index in [1.165, 1.54) is 18.3 Å². The lowest BCUT2D eigenvalue weighted by Gasteiger charge is -1.95. The van der Waals surface area contributed by atoms with E-state index in [4.69, 9.17) is 5.11 Å².